The van der Waals surface area contributed by atoms with Gasteiger partial charge in [-0.3, -0.25) is 0 Å². The summed E-state index contributed by atoms with van der Waals surface area (Å²) < 4.78 is 0. The third kappa shape index (κ3) is 3.16. The lowest BCUT2D eigenvalue weighted by Crippen LogP contribution is -2.26. The molecule has 0 saturated carbocycles. The Morgan fingerprint density at radius 3 is 2.88 bits per heavy atom. The molecule has 1 aromatic carbocycles. The zero-order valence-electron chi connectivity index (χ0n) is 10.5. The van der Waals surface area contributed by atoms with Crippen molar-refractivity contribution in [2.24, 2.45) is 0 Å². The van der Waals surface area contributed by atoms with Gasteiger partial charge in [-0.25, -0.2) is 0 Å². The quantitative estimate of drug-likeness (QED) is 0.807. The maximum Gasteiger partial charge on any atom is 0.120 e. The molecule has 2 nitrogen and oxygen atoms in total. The van der Waals surface area contributed by atoms with Gasteiger partial charge >= 0.3 is 0 Å². The lowest BCUT2D eigenvalue weighted by Gasteiger charge is -2.24. The summed E-state index contributed by atoms with van der Waals surface area (Å²) in [7, 11) is 0. The average molecular weight is 231 g/mol. The molecule has 0 bridgehead atoms. The van der Waals surface area contributed by atoms with Gasteiger partial charge in [-0.15, -0.1) is 0 Å². The zero-order chi connectivity index (χ0) is 12.1. The lowest BCUT2D eigenvalue weighted by atomic mass is 9.87. The zero-order valence-corrected chi connectivity index (χ0v) is 10.5. The van der Waals surface area contributed by atoms with E-state index in [4.69, 9.17) is 0 Å². The smallest absolute Gasteiger partial charge is 0.120 e. The normalized spacial score (nSPS) is 18.9. The fourth-order valence-electron chi connectivity index (χ4n) is 2.56. The van der Waals surface area contributed by atoms with Crippen molar-refractivity contribution in [2.75, 3.05) is 13.1 Å². The number of benzene rings is 1. The first-order valence-electron chi connectivity index (χ1n) is 6.55. The first kappa shape index (κ1) is 12.3. The van der Waals surface area contributed by atoms with Gasteiger partial charge in [0.25, 0.3) is 0 Å². The Morgan fingerprint density at radius 2 is 2.18 bits per heavy atom. The molecular formula is C15H21NO. The van der Waals surface area contributed by atoms with Gasteiger partial charge in [-0.05, 0) is 48.9 Å². The predicted octanol–water partition coefficient (Wildman–Crippen LogP) is 2.85. The number of carbonyl (C=O) groups is 1. The second kappa shape index (κ2) is 5.97. The Balaban J connectivity index is 2.12. The SMILES string of the molecule is CC(CC=O)c1cccc(C2CCNCC2)c1. The van der Waals surface area contributed by atoms with Gasteiger partial charge in [0.05, 0.1) is 0 Å². The molecule has 0 amide bonds. The molecule has 92 valence electrons. The van der Waals surface area contributed by atoms with Crippen LogP contribution in [0.2, 0.25) is 0 Å². The van der Waals surface area contributed by atoms with Gasteiger partial charge in [-0.1, -0.05) is 31.2 Å². The largest absolute Gasteiger partial charge is 0.317 e. The summed E-state index contributed by atoms with van der Waals surface area (Å²) in [5, 5.41) is 3.40. The summed E-state index contributed by atoms with van der Waals surface area (Å²) in [5.41, 5.74) is 2.75. The predicted molar refractivity (Wildman–Crippen MR) is 70.4 cm³/mol. The minimum atomic E-state index is 0.342. The van der Waals surface area contributed by atoms with Gasteiger partial charge in [0.2, 0.25) is 0 Å². The van der Waals surface area contributed by atoms with Gasteiger partial charge in [0, 0.05) is 6.42 Å². The van der Waals surface area contributed by atoms with Crippen LogP contribution in [0.4, 0.5) is 0 Å². The standard InChI is InChI=1S/C15H21NO/c1-12(7-10-17)14-3-2-4-15(11-14)13-5-8-16-9-6-13/h2-4,10-13,16H,5-9H2,1H3. The highest BCUT2D eigenvalue weighted by molar-refractivity contribution is 5.51. The van der Waals surface area contributed by atoms with Crippen molar-refractivity contribution >= 4 is 6.29 Å². The van der Waals surface area contributed by atoms with E-state index < -0.39 is 0 Å². The van der Waals surface area contributed by atoms with Crippen LogP contribution in [0.15, 0.2) is 24.3 Å². The van der Waals surface area contributed by atoms with Crippen molar-refractivity contribution < 1.29 is 4.79 Å². The number of rotatable bonds is 4. The molecule has 2 heteroatoms. The average Bonchev–Trinajstić information content (AvgIpc) is 2.40. The van der Waals surface area contributed by atoms with E-state index in [1.807, 2.05) is 0 Å². The third-order valence-electron chi connectivity index (χ3n) is 3.74. The first-order valence-corrected chi connectivity index (χ1v) is 6.55. The van der Waals surface area contributed by atoms with Crippen molar-refractivity contribution in [2.45, 2.75) is 38.0 Å². The van der Waals surface area contributed by atoms with Crippen LogP contribution in [0.1, 0.15) is 49.1 Å². The summed E-state index contributed by atoms with van der Waals surface area (Å²) in [6, 6.07) is 8.80. The molecular weight excluding hydrogens is 210 g/mol. The Labute approximate surface area is 103 Å². The second-order valence-electron chi connectivity index (χ2n) is 5.00. The van der Waals surface area contributed by atoms with Crippen LogP contribution in [0, 0.1) is 0 Å². The number of nitrogens with one attached hydrogen (secondary N) is 1. The van der Waals surface area contributed by atoms with E-state index in [2.05, 4.69) is 36.5 Å². The minimum Gasteiger partial charge on any atom is -0.317 e. The number of hydrogen-bond acceptors (Lipinski definition) is 2. The molecule has 1 atom stereocenters. The maximum atomic E-state index is 10.6. The topological polar surface area (TPSA) is 29.1 Å². The molecule has 0 radical (unpaired) electrons. The van der Waals surface area contributed by atoms with Crippen molar-refractivity contribution in [1.82, 2.24) is 5.32 Å². The van der Waals surface area contributed by atoms with Crippen molar-refractivity contribution in [3.8, 4) is 0 Å². The molecule has 1 heterocycles. The van der Waals surface area contributed by atoms with Gasteiger partial charge in [0.1, 0.15) is 6.29 Å². The highest BCUT2D eigenvalue weighted by Gasteiger charge is 2.16. The Morgan fingerprint density at radius 1 is 1.41 bits per heavy atom. The van der Waals surface area contributed by atoms with Crippen LogP contribution in [0.25, 0.3) is 0 Å². The minimum absolute atomic E-state index is 0.342. The van der Waals surface area contributed by atoms with E-state index in [9.17, 15) is 4.79 Å². The first-order chi connectivity index (χ1) is 8.31. The molecule has 0 aromatic heterocycles. The van der Waals surface area contributed by atoms with Crippen molar-refractivity contribution in [3.63, 3.8) is 0 Å². The highest BCUT2D eigenvalue weighted by atomic mass is 16.1. The third-order valence-corrected chi connectivity index (χ3v) is 3.74. The Bertz CT molecular complexity index is 369. The Kier molecular flexibility index (Phi) is 4.32. The van der Waals surface area contributed by atoms with Gasteiger partial charge in [-0.2, -0.15) is 0 Å². The van der Waals surface area contributed by atoms with Crippen LogP contribution in [0.3, 0.4) is 0 Å². The summed E-state index contributed by atoms with van der Waals surface area (Å²) in [6.07, 6.45) is 4.09. The second-order valence-corrected chi connectivity index (χ2v) is 5.00. The number of hydrogen-bond donors (Lipinski definition) is 1. The molecule has 1 aromatic rings. The van der Waals surface area contributed by atoms with E-state index in [0.717, 1.165) is 19.4 Å². The van der Waals surface area contributed by atoms with E-state index >= 15 is 0 Å². The van der Waals surface area contributed by atoms with Crippen LogP contribution < -0.4 is 5.32 Å². The maximum absolute atomic E-state index is 10.6. The molecule has 17 heavy (non-hydrogen) atoms. The summed E-state index contributed by atoms with van der Waals surface area (Å²) in [6.45, 7) is 4.37. The molecule has 1 aliphatic rings. The van der Waals surface area contributed by atoms with Crippen LogP contribution >= 0.6 is 0 Å². The molecule has 2 rings (SSSR count). The highest BCUT2D eigenvalue weighted by Crippen LogP contribution is 2.28. The van der Waals surface area contributed by atoms with Crippen LogP contribution in [-0.4, -0.2) is 19.4 Å². The molecule has 1 fully saturated rings. The molecule has 1 unspecified atom stereocenters. The van der Waals surface area contributed by atoms with E-state index in [0.29, 0.717) is 18.3 Å². The fraction of sp³-hybridized carbons (Fsp3) is 0.533. The van der Waals surface area contributed by atoms with E-state index in [1.54, 1.807) is 0 Å². The number of piperidine rings is 1. The molecule has 0 aliphatic carbocycles. The summed E-state index contributed by atoms with van der Waals surface area (Å²) in [5.74, 6) is 1.04. The number of carbonyl (C=O) groups excluding carboxylic acids is 1. The van der Waals surface area contributed by atoms with Crippen molar-refractivity contribution in [3.05, 3.63) is 35.4 Å². The van der Waals surface area contributed by atoms with Crippen LogP contribution in [0.5, 0.6) is 0 Å². The molecule has 1 saturated heterocycles. The van der Waals surface area contributed by atoms with Crippen LogP contribution in [-0.2, 0) is 4.79 Å². The van der Waals surface area contributed by atoms with Gasteiger partial charge < -0.3 is 10.1 Å². The van der Waals surface area contributed by atoms with Crippen molar-refractivity contribution in [1.29, 1.82) is 0 Å². The number of aldehydes is 1. The van der Waals surface area contributed by atoms with Gasteiger partial charge in [0.15, 0.2) is 0 Å². The summed E-state index contributed by atoms with van der Waals surface area (Å²) in [4.78, 5) is 10.6. The molecule has 1 aliphatic heterocycles. The van der Waals surface area contributed by atoms with E-state index in [1.165, 1.54) is 24.0 Å². The monoisotopic (exact) mass is 231 g/mol. The lowest BCUT2D eigenvalue weighted by molar-refractivity contribution is -0.108. The van der Waals surface area contributed by atoms with E-state index in [-0.39, 0.29) is 0 Å². The Hall–Kier alpha value is -1.15. The summed E-state index contributed by atoms with van der Waals surface area (Å²) >= 11 is 0. The fourth-order valence-corrected chi connectivity index (χ4v) is 2.56. The molecule has 1 N–H and O–H groups in total. The molecule has 0 spiro atoms.